The van der Waals surface area contributed by atoms with Gasteiger partial charge in [-0.05, 0) is 67.0 Å². The number of hydrogen-bond donors (Lipinski definition) is 1. The van der Waals surface area contributed by atoms with Crippen LogP contribution in [0.1, 0.15) is 48.9 Å². The lowest BCUT2D eigenvalue weighted by Gasteiger charge is -2.35. The molecule has 3 heterocycles. The van der Waals surface area contributed by atoms with E-state index in [1.54, 1.807) is 6.08 Å². The van der Waals surface area contributed by atoms with Gasteiger partial charge < -0.3 is 9.80 Å². The molecule has 1 atom stereocenters. The van der Waals surface area contributed by atoms with Gasteiger partial charge in [0, 0.05) is 49.8 Å². The van der Waals surface area contributed by atoms with Gasteiger partial charge in [-0.3, -0.25) is 14.9 Å². The Morgan fingerprint density at radius 1 is 1.17 bits per heavy atom. The largest absolute Gasteiger partial charge is 0.351 e. The number of allylic oxidation sites excluding steroid dienone is 1. The van der Waals surface area contributed by atoms with E-state index in [0.717, 1.165) is 64.1 Å². The van der Waals surface area contributed by atoms with E-state index in [-0.39, 0.29) is 5.91 Å². The quantitative estimate of drug-likeness (QED) is 0.792. The first-order valence-corrected chi connectivity index (χ1v) is 11.1. The minimum Gasteiger partial charge on any atom is -0.351 e. The number of rotatable bonds is 3. The van der Waals surface area contributed by atoms with Crippen molar-refractivity contribution in [1.29, 1.82) is 0 Å². The molecule has 6 nitrogen and oxygen atoms in total. The van der Waals surface area contributed by atoms with Crippen molar-refractivity contribution in [2.24, 2.45) is 0 Å². The number of piperazine rings is 1. The second-order valence-electron chi connectivity index (χ2n) is 8.47. The number of nitrogens with one attached hydrogen (secondary N) is 1. The normalized spacial score (nSPS) is 21.0. The molecule has 2 aliphatic carbocycles. The zero-order valence-electron chi connectivity index (χ0n) is 17.6. The molecule has 30 heavy (non-hydrogen) atoms. The molecule has 0 spiro atoms. The van der Waals surface area contributed by atoms with Crippen molar-refractivity contribution in [2.45, 2.75) is 44.9 Å². The zero-order chi connectivity index (χ0) is 20.5. The Morgan fingerprint density at radius 2 is 2.00 bits per heavy atom. The first kappa shape index (κ1) is 19.1. The van der Waals surface area contributed by atoms with Gasteiger partial charge in [-0.15, -0.1) is 0 Å². The first-order valence-electron chi connectivity index (χ1n) is 11.1. The average molecular weight is 404 g/mol. The minimum atomic E-state index is 0.109. The van der Waals surface area contributed by atoms with Crippen molar-refractivity contribution in [3.8, 4) is 0 Å². The van der Waals surface area contributed by atoms with Gasteiger partial charge in [0.1, 0.15) is 0 Å². The lowest BCUT2D eigenvalue weighted by molar-refractivity contribution is -0.126. The Labute approximate surface area is 177 Å². The maximum Gasteiger partial charge on any atom is 0.246 e. The van der Waals surface area contributed by atoms with Gasteiger partial charge in [-0.25, -0.2) is 0 Å². The summed E-state index contributed by atoms with van der Waals surface area (Å²) in [5.74, 6) is 1.69. The number of carbonyl (C=O) groups excluding carboxylic acids is 1. The summed E-state index contributed by atoms with van der Waals surface area (Å²) in [5.41, 5.74) is 4.03. The van der Waals surface area contributed by atoms with E-state index >= 15 is 0 Å². The van der Waals surface area contributed by atoms with E-state index in [9.17, 15) is 4.79 Å². The third kappa shape index (κ3) is 3.44. The van der Waals surface area contributed by atoms with Crippen LogP contribution in [-0.2, 0) is 17.6 Å². The van der Waals surface area contributed by atoms with Gasteiger partial charge in [-0.1, -0.05) is 18.2 Å². The highest BCUT2D eigenvalue weighted by atomic mass is 16.2. The van der Waals surface area contributed by atoms with E-state index < -0.39 is 0 Å². The van der Waals surface area contributed by atoms with E-state index in [2.05, 4.69) is 33.3 Å². The monoisotopic (exact) mass is 403 g/mol. The molecule has 2 aromatic rings. The fourth-order valence-corrected chi connectivity index (χ4v) is 5.10. The van der Waals surface area contributed by atoms with Crippen LogP contribution in [0.2, 0.25) is 0 Å². The van der Waals surface area contributed by atoms with E-state index in [0.29, 0.717) is 5.92 Å². The van der Waals surface area contributed by atoms with Gasteiger partial charge in [0.25, 0.3) is 0 Å². The number of amides is 1. The van der Waals surface area contributed by atoms with Crippen LogP contribution >= 0.6 is 0 Å². The number of carbonyl (C=O) groups is 1. The number of pyridine rings is 1. The lowest BCUT2D eigenvalue weighted by Crippen LogP contribution is -2.48. The third-order valence-electron chi connectivity index (χ3n) is 6.69. The van der Waals surface area contributed by atoms with Crippen molar-refractivity contribution in [3.63, 3.8) is 0 Å². The molecule has 1 N–H and O–H groups in total. The predicted molar refractivity (Wildman–Crippen MR) is 119 cm³/mol. The minimum absolute atomic E-state index is 0.109. The molecule has 5 rings (SSSR count). The van der Waals surface area contributed by atoms with Gasteiger partial charge in [0.05, 0.1) is 0 Å². The maximum absolute atomic E-state index is 12.1. The Morgan fingerprint density at radius 3 is 2.83 bits per heavy atom. The number of H-pyrrole nitrogens is 1. The molecule has 0 bridgehead atoms. The Balaban J connectivity index is 1.32. The molecule has 1 fully saturated rings. The van der Waals surface area contributed by atoms with Crippen molar-refractivity contribution >= 4 is 23.9 Å². The summed E-state index contributed by atoms with van der Waals surface area (Å²) in [6.45, 7) is 5.06. The summed E-state index contributed by atoms with van der Waals surface area (Å²) in [6.07, 6.45) is 17.6. The van der Waals surface area contributed by atoms with Crippen LogP contribution in [0.5, 0.6) is 0 Å². The molecule has 1 saturated heterocycles. The van der Waals surface area contributed by atoms with Crippen molar-refractivity contribution in [1.82, 2.24) is 20.1 Å². The molecule has 0 radical (unpaired) electrons. The number of hydrogen-bond acceptors (Lipinski definition) is 4. The molecule has 156 valence electrons. The molecule has 1 unspecified atom stereocenters. The standard InChI is InChI=1S/C24H29N5O/c1-2-5-23(30)28-10-12-29(13-11-28)24-20-9-8-17(14-22(20)26-27-24)21-16-25-15-18-6-3-4-7-19(18)21/h2,5-7,15-17H,3-4,8-14H2,1H3,(H,26,27)/b5-2+. The molecule has 0 saturated carbocycles. The highest BCUT2D eigenvalue weighted by Crippen LogP contribution is 2.35. The third-order valence-corrected chi connectivity index (χ3v) is 6.69. The van der Waals surface area contributed by atoms with Crippen LogP contribution in [0, 0.1) is 0 Å². The van der Waals surface area contributed by atoms with Crippen LogP contribution in [0.4, 0.5) is 5.82 Å². The van der Waals surface area contributed by atoms with Crippen LogP contribution in [0.25, 0.3) is 12.2 Å². The van der Waals surface area contributed by atoms with Crippen molar-refractivity contribution < 1.29 is 4.79 Å². The van der Waals surface area contributed by atoms with Gasteiger partial charge in [0.15, 0.2) is 5.82 Å². The van der Waals surface area contributed by atoms with E-state index in [1.807, 2.05) is 24.1 Å². The molecule has 0 aromatic carbocycles. The van der Waals surface area contributed by atoms with Gasteiger partial charge >= 0.3 is 0 Å². The predicted octanol–water partition coefficient (Wildman–Crippen LogP) is 1.66. The fourth-order valence-electron chi connectivity index (χ4n) is 5.10. The molecular formula is C24H29N5O. The van der Waals surface area contributed by atoms with Crippen LogP contribution in [0.3, 0.4) is 0 Å². The average Bonchev–Trinajstić information content (AvgIpc) is 3.22. The Hall–Kier alpha value is -2.89. The SMILES string of the molecule is C/C=C/C(=O)N1CCN(c2n[nH]c3c2CCC(c2cncc4c2=CCCC=4)C3)CC1. The van der Waals surface area contributed by atoms with Crippen LogP contribution in [-0.4, -0.2) is 52.2 Å². The topological polar surface area (TPSA) is 65.1 Å². The number of anilines is 1. The Kier molecular flexibility index (Phi) is 5.15. The number of fused-ring (bicyclic) bond motifs is 2. The zero-order valence-corrected chi connectivity index (χ0v) is 17.6. The second-order valence-corrected chi connectivity index (χ2v) is 8.47. The molecule has 2 aromatic heterocycles. The van der Waals surface area contributed by atoms with Crippen LogP contribution in [0.15, 0.2) is 24.5 Å². The molecular weight excluding hydrogens is 374 g/mol. The number of aromatic amines is 1. The van der Waals surface area contributed by atoms with Gasteiger partial charge in [-0.2, -0.15) is 5.10 Å². The first-order chi connectivity index (χ1) is 14.7. The summed E-state index contributed by atoms with van der Waals surface area (Å²) in [5, 5.41) is 10.7. The van der Waals surface area contributed by atoms with Crippen molar-refractivity contribution in [2.75, 3.05) is 31.1 Å². The Bertz CT molecular complexity index is 1090. The van der Waals surface area contributed by atoms with Crippen molar-refractivity contribution in [3.05, 3.63) is 51.8 Å². The molecule has 1 amide bonds. The van der Waals surface area contributed by atoms with E-state index in [1.165, 1.54) is 27.3 Å². The second kappa shape index (κ2) is 8.09. The van der Waals surface area contributed by atoms with E-state index in [4.69, 9.17) is 5.10 Å². The maximum atomic E-state index is 12.1. The number of aromatic nitrogens is 3. The highest BCUT2D eigenvalue weighted by molar-refractivity contribution is 5.87. The highest BCUT2D eigenvalue weighted by Gasteiger charge is 2.29. The summed E-state index contributed by atoms with van der Waals surface area (Å²) in [7, 11) is 0. The number of nitrogens with zero attached hydrogens (tertiary/aromatic N) is 4. The molecule has 6 heteroatoms. The van der Waals surface area contributed by atoms with Gasteiger partial charge in [0.2, 0.25) is 5.91 Å². The molecule has 3 aliphatic rings. The smallest absolute Gasteiger partial charge is 0.246 e. The molecule has 1 aliphatic heterocycles. The van der Waals surface area contributed by atoms with Crippen LogP contribution < -0.4 is 15.3 Å². The fraction of sp³-hybridized carbons (Fsp3) is 0.458. The summed E-state index contributed by atoms with van der Waals surface area (Å²) >= 11 is 0. The summed E-state index contributed by atoms with van der Waals surface area (Å²) < 4.78 is 0. The summed E-state index contributed by atoms with van der Waals surface area (Å²) in [4.78, 5) is 20.9. The summed E-state index contributed by atoms with van der Waals surface area (Å²) in [6, 6.07) is 0. The lowest BCUT2D eigenvalue weighted by atomic mass is 9.82.